The molecule has 0 radical (unpaired) electrons. The van der Waals surface area contributed by atoms with E-state index in [-0.39, 0.29) is 16.5 Å². The van der Waals surface area contributed by atoms with Crippen molar-refractivity contribution in [2.75, 3.05) is 19.4 Å². The number of halogens is 1. The fourth-order valence-electron chi connectivity index (χ4n) is 2.34. The van der Waals surface area contributed by atoms with Crippen molar-refractivity contribution in [2.45, 2.75) is 29.7 Å². The van der Waals surface area contributed by atoms with Gasteiger partial charge in [-0.2, -0.15) is 0 Å². The molecule has 0 aromatic heterocycles. The van der Waals surface area contributed by atoms with Crippen LogP contribution in [0.4, 0.5) is 10.1 Å². The van der Waals surface area contributed by atoms with Crippen molar-refractivity contribution in [2.24, 2.45) is 0 Å². The number of nitrogens with one attached hydrogen (secondary N) is 2. The van der Waals surface area contributed by atoms with Gasteiger partial charge in [-0.25, -0.2) is 30.3 Å². The molecule has 0 spiro atoms. The number of benzene rings is 2. The number of nitrogens with zero attached hydrogens (tertiary/aromatic N) is 1. The average molecular weight is 444 g/mol. The summed E-state index contributed by atoms with van der Waals surface area (Å²) in [6.07, 6.45) is 0. The molecule has 0 bridgehead atoms. The van der Waals surface area contributed by atoms with E-state index in [0.717, 1.165) is 22.5 Å². The summed E-state index contributed by atoms with van der Waals surface area (Å²) >= 11 is 0. The molecule has 0 unspecified atom stereocenters. The highest BCUT2D eigenvalue weighted by atomic mass is 32.2. The first-order chi connectivity index (χ1) is 13.3. The lowest BCUT2D eigenvalue weighted by molar-refractivity contribution is 0.102. The molecule has 2 N–H and O–H groups in total. The molecule has 0 aliphatic rings. The van der Waals surface area contributed by atoms with Gasteiger partial charge in [-0.1, -0.05) is 0 Å². The lowest BCUT2D eigenvalue weighted by Gasteiger charge is -2.13. The molecule has 0 atom stereocenters. The first-order valence-corrected chi connectivity index (χ1v) is 11.4. The smallest absolute Gasteiger partial charge is 0.255 e. The van der Waals surface area contributed by atoms with Gasteiger partial charge in [0, 0.05) is 31.4 Å². The van der Waals surface area contributed by atoms with E-state index in [0.29, 0.717) is 5.69 Å². The van der Waals surface area contributed by atoms with Crippen molar-refractivity contribution in [3.63, 3.8) is 0 Å². The lowest BCUT2D eigenvalue weighted by Crippen LogP contribution is -2.30. The van der Waals surface area contributed by atoms with E-state index in [9.17, 15) is 26.0 Å². The Morgan fingerprint density at radius 1 is 1.00 bits per heavy atom. The van der Waals surface area contributed by atoms with Crippen LogP contribution in [0.25, 0.3) is 0 Å². The number of hydrogen-bond acceptors (Lipinski definition) is 5. The summed E-state index contributed by atoms with van der Waals surface area (Å²) in [5.74, 6) is -1.64. The van der Waals surface area contributed by atoms with Crippen molar-refractivity contribution in [1.82, 2.24) is 9.03 Å². The van der Waals surface area contributed by atoms with E-state index in [1.54, 1.807) is 13.8 Å². The molecule has 0 fully saturated rings. The second kappa shape index (κ2) is 8.57. The summed E-state index contributed by atoms with van der Waals surface area (Å²) in [6.45, 7) is 3.39. The molecule has 0 aliphatic heterocycles. The quantitative estimate of drug-likeness (QED) is 0.680. The SMILES string of the molecule is CC(C)NS(=O)(=O)c1ccc(NC(=O)c2ccc(F)c(S(=O)(=O)N(C)C)c2)cc1. The van der Waals surface area contributed by atoms with E-state index in [1.807, 2.05) is 0 Å². The summed E-state index contributed by atoms with van der Waals surface area (Å²) in [6, 6.07) is 8.18. The zero-order chi connectivity index (χ0) is 22.0. The Morgan fingerprint density at radius 3 is 2.10 bits per heavy atom. The highest BCUT2D eigenvalue weighted by Crippen LogP contribution is 2.21. The van der Waals surface area contributed by atoms with Crippen LogP contribution in [0.1, 0.15) is 24.2 Å². The molecule has 29 heavy (non-hydrogen) atoms. The predicted molar refractivity (Wildman–Crippen MR) is 107 cm³/mol. The Balaban J connectivity index is 2.25. The third kappa shape index (κ3) is 5.38. The van der Waals surface area contributed by atoms with Crippen molar-refractivity contribution >= 4 is 31.6 Å². The molecule has 11 heteroatoms. The molecule has 2 aromatic carbocycles. The van der Waals surface area contributed by atoms with Crippen LogP contribution >= 0.6 is 0 Å². The maximum Gasteiger partial charge on any atom is 0.255 e. The molecule has 2 rings (SSSR count). The molecule has 0 saturated heterocycles. The number of amides is 1. The summed E-state index contributed by atoms with van der Waals surface area (Å²) in [4.78, 5) is 11.8. The predicted octanol–water partition coefficient (Wildman–Crippen LogP) is 2.02. The van der Waals surface area contributed by atoms with E-state index in [4.69, 9.17) is 0 Å². The van der Waals surface area contributed by atoms with Gasteiger partial charge in [0.15, 0.2) is 0 Å². The van der Waals surface area contributed by atoms with Gasteiger partial charge in [0.05, 0.1) is 4.90 Å². The Labute approximate surface area is 169 Å². The van der Waals surface area contributed by atoms with Crippen LogP contribution in [0.2, 0.25) is 0 Å². The van der Waals surface area contributed by atoms with Crippen molar-refractivity contribution in [3.05, 3.63) is 53.8 Å². The molecule has 8 nitrogen and oxygen atoms in total. The minimum Gasteiger partial charge on any atom is -0.322 e. The molecule has 0 heterocycles. The summed E-state index contributed by atoms with van der Waals surface area (Å²) in [5, 5.41) is 2.52. The van der Waals surface area contributed by atoms with E-state index < -0.39 is 36.7 Å². The summed E-state index contributed by atoms with van der Waals surface area (Å²) < 4.78 is 65.9. The van der Waals surface area contributed by atoms with Gasteiger partial charge < -0.3 is 5.32 Å². The number of hydrogen-bond donors (Lipinski definition) is 2. The number of anilines is 1. The Morgan fingerprint density at radius 2 is 1.59 bits per heavy atom. The third-order valence-corrected chi connectivity index (χ3v) is 7.27. The third-order valence-electron chi connectivity index (χ3n) is 3.77. The van der Waals surface area contributed by atoms with Crippen LogP contribution in [-0.2, 0) is 20.0 Å². The van der Waals surface area contributed by atoms with Gasteiger partial charge in [-0.05, 0) is 56.3 Å². The highest BCUT2D eigenvalue weighted by Gasteiger charge is 2.23. The van der Waals surface area contributed by atoms with Crippen LogP contribution in [0.15, 0.2) is 52.3 Å². The first kappa shape index (κ1) is 22.9. The summed E-state index contributed by atoms with van der Waals surface area (Å²) in [7, 11) is -5.22. The highest BCUT2D eigenvalue weighted by molar-refractivity contribution is 7.89. The molecular weight excluding hydrogens is 421 g/mol. The van der Waals surface area contributed by atoms with Gasteiger partial charge >= 0.3 is 0 Å². The summed E-state index contributed by atoms with van der Waals surface area (Å²) in [5.41, 5.74) is 0.227. The fraction of sp³-hybridized carbons (Fsp3) is 0.278. The number of rotatable bonds is 7. The molecular formula is C18H22FN3O5S2. The minimum absolute atomic E-state index is 0.0327. The number of carbonyl (C=O) groups is 1. The fourth-order valence-corrected chi connectivity index (χ4v) is 4.57. The largest absolute Gasteiger partial charge is 0.322 e. The maximum absolute atomic E-state index is 14.0. The molecule has 1 amide bonds. The Hall–Kier alpha value is -2.34. The first-order valence-electron chi connectivity index (χ1n) is 8.50. The zero-order valence-corrected chi connectivity index (χ0v) is 17.9. The van der Waals surface area contributed by atoms with Crippen molar-refractivity contribution < 1.29 is 26.0 Å². The van der Waals surface area contributed by atoms with Gasteiger partial charge in [0.25, 0.3) is 5.91 Å². The molecule has 0 aliphatic carbocycles. The lowest BCUT2D eigenvalue weighted by atomic mass is 10.2. The number of sulfonamides is 2. The van der Waals surface area contributed by atoms with Crippen LogP contribution in [0.3, 0.4) is 0 Å². The van der Waals surface area contributed by atoms with Crippen LogP contribution in [0.5, 0.6) is 0 Å². The molecule has 158 valence electrons. The number of carbonyl (C=O) groups excluding carboxylic acids is 1. The maximum atomic E-state index is 14.0. The van der Waals surface area contributed by atoms with Crippen molar-refractivity contribution in [1.29, 1.82) is 0 Å². The van der Waals surface area contributed by atoms with Crippen LogP contribution in [-0.4, -0.2) is 47.2 Å². The average Bonchev–Trinajstić information content (AvgIpc) is 2.61. The van der Waals surface area contributed by atoms with Gasteiger partial charge in [0.2, 0.25) is 20.0 Å². The van der Waals surface area contributed by atoms with E-state index in [2.05, 4.69) is 10.0 Å². The normalized spacial score (nSPS) is 12.4. The standard InChI is InChI=1S/C18H22FN3O5S2/c1-12(2)21-28(24,25)15-8-6-14(7-9-15)20-18(23)13-5-10-16(19)17(11-13)29(26,27)22(3)4/h5-12,21H,1-4H3,(H,20,23). The van der Waals surface area contributed by atoms with E-state index in [1.165, 1.54) is 38.4 Å². The van der Waals surface area contributed by atoms with Gasteiger partial charge in [0.1, 0.15) is 10.7 Å². The van der Waals surface area contributed by atoms with Gasteiger partial charge in [-0.3, -0.25) is 4.79 Å². The van der Waals surface area contributed by atoms with E-state index >= 15 is 0 Å². The van der Waals surface area contributed by atoms with Crippen LogP contribution in [0, 0.1) is 5.82 Å². The second-order valence-corrected chi connectivity index (χ2v) is 10.5. The second-order valence-electron chi connectivity index (χ2n) is 6.69. The Kier molecular flexibility index (Phi) is 6.78. The van der Waals surface area contributed by atoms with Crippen molar-refractivity contribution in [3.8, 4) is 0 Å². The van der Waals surface area contributed by atoms with Gasteiger partial charge in [-0.15, -0.1) is 0 Å². The topological polar surface area (TPSA) is 113 Å². The molecule has 2 aromatic rings. The molecule has 0 saturated carbocycles. The minimum atomic E-state index is -4.06. The monoisotopic (exact) mass is 443 g/mol. The zero-order valence-electron chi connectivity index (χ0n) is 16.3. The Bertz CT molecular complexity index is 1110. The van der Waals surface area contributed by atoms with Crippen LogP contribution < -0.4 is 10.0 Å².